The second kappa shape index (κ2) is 0.580. The molecule has 4 aliphatic rings. The summed E-state index contributed by atoms with van der Waals surface area (Å²) in [6, 6.07) is 0. The van der Waals surface area contributed by atoms with Gasteiger partial charge in [0.1, 0.15) is 0 Å². The highest BCUT2D eigenvalue weighted by Crippen LogP contribution is 3.22. The largest absolute Gasteiger partial charge is 0.0585 e. The number of rotatable bonds is 0. The Bertz CT molecular complexity index is 238. The van der Waals surface area contributed by atoms with E-state index in [1.165, 1.54) is 6.42 Å². The van der Waals surface area contributed by atoms with E-state index in [9.17, 15) is 0 Å². The van der Waals surface area contributed by atoms with Crippen LogP contribution in [0.5, 0.6) is 0 Å². The summed E-state index contributed by atoms with van der Waals surface area (Å²) in [4.78, 5) is 0. The normalized spacial score (nSPS) is 88.0. The molecule has 3 radical (unpaired) electrons. The summed E-state index contributed by atoms with van der Waals surface area (Å²) in [5.41, 5.74) is 2.46. The van der Waals surface area contributed by atoms with E-state index >= 15 is 0 Å². The van der Waals surface area contributed by atoms with Gasteiger partial charge in [-0.25, -0.2) is 0 Å². The van der Waals surface area contributed by atoms with E-state index in [0.29, 0.717) is 0 Å². The second-order valence-electron chi connectivity index (χ2n) is 4.49. The Labute approximate surface area is 55.6 Å². The summed E-state index contributed by atoms with van der Waals surface area (Å²) in [6.45, 7) is 4.72. The van der Waals surface area contributed by atoms with Crippen LogP contribution in [0.1, 0.15) is 20.3 Å². The van der Waals surface area contributed by atoms with Crippen molar-refractivity contribution < 1.29 is 0 Å². The van der Waals surface area contributed by atoms with Crippen LogP contribution in [0.2, 0.25) is 0 Å². The van der Waals surface area contributed by atoms with Gasteiger partial charge in [0.05, 0.1) is 0 Å². The van der Waals surface area contributed by atoms with Crippen LogP contribution >= 0.6 is 0 Å². The molecule has 4 aliphatic carbocycles. The maximum atomic E-state index is 3.49. The van der Waals surface area contributed by atoms with Crippen LogP contribution in [0.25, 0.3) is 0 Å². The molecule has 4 fully saturated rings. The summed E-state index contributed by atoms with van der Waals surface area (Å²) in [6.07, 6.45) is 5.02. The summed E-state index contributed by atoms with van der Waals surface area (Å²) >= 11 is 0. The van der Waals surface area contributed by atoms with Crippen molar-refractivity contribution in [2.75, 3.05) is 0 Å². The van der Waals surface area contributed by atoms with Crippen LogP contribution in [0, 0.1) is 34.5 Å². The van der Waals surface area contributed by atoms with Gasteiger partial charge in [-0.05, 0) is 40.9 Å². The molecule has 2 spiro atoms. The van der Waals surface area contributed by atoms with Crippen LogP contribution in [-0.2, 0) is 0 Å². The third kappa shape index (κ3) is 0.120. The fourth-order valence-electron chi connectivity index (χ4n) is 4.26. The topological polar surface area (TPSA) is 0 Å². The minimum Gasteiger partial charge on any atom is -0.0585 e. The lowest BCUT2D eigenvalue weighted by molar-refractivity contribution is 0.321. The van der Waals surface area contributed by atoms with Gasteiger partial charge in [-0.1, -0.05) is 13.8 Å². The molecule has 0 aromatic carbocycles. The second-order valence-corrected chi connectivity index (χ2v) is 4.49. The SMILES string of the molecule is C[C]1[C]C2C34CC3(C)C124. The van der Waals surface area contributed by atoms with E-state index in [2.05, 4.69) is 20.3 Å². The Morgan fingerprint density at radius 3 is 2.56 bits per heavy atom. The zero-order valence-electron chi connectivity index (χ0n) is 5.78. The molecule has 0 aromatic heterocycles. The first-order valence-electron chi connectivity index (χ1n) is 3.82. The smallest absolute Gasteiger partial charge is 0.00502 e. The summed E-state index contributed by atoms with van der Waals surface area (Å²) in [5.74, 6) is 2.55. The number of hydrogen-bond donors (Lipinski definition) is 0. The van der Waals surface area contributed by atoms with Gasteiger partial charge in [-0.15, -0.1) is 0 Å². The van der Waals surface area contributed by atoms with Crippen LogP contribution in [-0.4, -0.2) is 0 Å². The minimum absolute atomic E-state index is 0.792. The molecule has 45 valence electrons. The van der Waals surface area contributed by atoms with Crippen molar-refractivity contribution in [1.29, 1.82) is 0 Å². The fraction of sp³-hybridized carbons (Fsp3) is 0.778. The lowest BCUT2D eigenvalue weighted by Crippen LogP contribution is -2.28. The van der Waals surface area contributed by atoms with E-state index < -0.39 is 0 Å². The van der Waals surface area contributed by atoms with Gasteiger partial charge >= 0.3 is 0 Å². The summed E-state index contributed by atoms with van der Waals surface area (Å²) in [5, 5.41) is 0. The van der Waals surface area contributed by atoms with E-state index in [1.807, 2.05) is 0 Å². The first-order chi connectivity index (χ1) is 4.22. The van der Waals surface area contributed by atoms with Gasteiger partial charge in [-0.2, -0.15) is 0 Å². The van der Waals surface area contributed by atoms with Crippen LogP contribution in [0.3, 0.4) is 0 Å². The van der Waals surface area contributed by atoms with Gasteiger partial charge in [0, 0.05) is 0 Å². The monoisotopic (exact) mass is 117 g/mol. The van der Waals surface area contributed by atoms with Gasteiger partial charge in [0.2, 0.25) is 0 Å². The molecule has 9 heavy (non-hydrogen) atoms. The molecule has 4 saturated carbocycles. The third-order valence-corrected chi connectivity index (χ3v) is 4.80. The van der Waals surface area contributed by atoms with Crippen molar-refractivity contribution in [2.24, 2.45) is 22.2 Å². The molecule has 0 nitrogen and oxygen atoms in total. The summed E-state index contributed by atoms with van der Waals surface area (Å²) in [7, 11) is 0. The van der Waals surface area contributed by atoms with E-state index in [1.54, 1.807) is 5.92 Å². The Morgan fingerprint density at radius 2 is 2.44 bits per heavy atom. The van der Waals surface area contributed by atoms with Crippen LogP contribution in [0.4, 0.5) is 0 Å². The molecule has 0 amide bonds. The lowest BCUT2D eigenvalue weighted by Gasteiger charge is -2.34. The highest BCUT2D eigenvalue weighted by Gasteiger charge is 3.18. The predicted molar refractivity (Wildman–Crippen MR) is 33.2 cm³/mol. The Kier molecular flexibility index (Phi) is 0.258. The third-order valence-electron chi connectivity index (χ3n) is 4.80. The van der Waals surface area contributed by atoms with Crippen molar-refractivity contribution in [1.82, 2.24) is 0 Å². The molecule has 4 rings (SSSR count). The highest BCUT2D eigenvalue weighted by molar-refractivity contribution is 5.74. The molecule has 0 aromatic rings. The van der Waals surface area contributed by atoms with Crippen LogP contribution < -0.4 is 0 Å². The first-order valence-corrected chi connectivity index (χ1v) is 3.82. The van der Waals surface area contributed by atoms with Gasteiger partial charge in [0.25, 0.3) is 0 Å². The Morgan fingerprint density at radius 1 is 1.67 bits per heavy atom. The van der Waals surface area contributed by atoms with Crippen molar-refractivity contribution in [3.05, 3.63) is 12.3 Å². The van der Waals surface area contributed by atoms with E-state index in [-0.39, 0.29) is 0 Å². The van der Waals surface area contributed by atoms with E-state index in [0.717, 1.165) is 22.2 Å². The maximum absolute atomic E-state index is 3.49. The molecule has 4 atom stereocenters. The predicted octanol–water partition coefficient (Wildman–Crippen LogP) is 1.70. The standard InChI is InChI=1S/C9H9/c1-5-3-6-8-4-7(8,2)9(5,6)8/h6H,4H2,1-2H3. The Balaban J connectivity index is 1.96. The molecule has 0 saturated heterocycles. The quantitative estimate of drug-likeness (QED) is 0.453. The zero-order valence-corrected chi connectivity index (χ0v) is 5.78. The van der Waals surface area contributed by atoms with Crippen LogP contribution in [0.15, 0.2) is 0 Å². The average molecular weight is 117 g/mol. The zero-order chi connectivity index (χ0) is 6.07. The maximum Gasteiger partial charge on any atom is -0.00502 e. The van der Waals surface area contributed by atoms with Crippen molar-refractivity contribution in [3.63, 3.8) is 0 Å². The van der Waals surface area contributed by atoms with Crippen molar-refractivity contribution in [2.45, 2.75) is 20.3 Å². The van der Waals surface area contributed by atoms with Crippen molar-refractivity contribution in [3.8, 4) is 0 Å². The molecule has 0 aliphatic heterocycles. The van der Waals surface area contributed by atoms with Gasteiger partial charge < -0.3 is 0 Å². The van der Waals surface area contributed by atoms with Gasteiger partial charge in [-0.3, -0.25) is 0 Å². The molecular formula is C9H9. The minimum atomic E-state index is 0.792. The molecule has 4 unspecified atom stereocenters. The first kappa shape index (κ1) is 4.00. The summed E-state index contributed by atoms with van der Waals surface area (Å²) < 4.78 is 0. The van der Waals surface area contributed by atoms with Crippen molar-refractivity contribution >= 4 is 0 Å². The Hall–Kier alpha value is 0. The number of hydrogen-bond acceptors (Lipinski definition) is 0. The fourth-order valence-corrected chi connectivity index (χ4v) is 4.26. The van der Waals surface area contributed by atoms with E-state index in [4.69, 9.17) is 0 Å². The molecule has 0 heteroatoms. The highest BCUT2D eigenvalue weighted by atomic mass is 15.2. The molecule has 0 bridgehead atoms. The molecular weight excluding hydrogens is 108 g/mol. The lowest BCUT2D eigenvalue weighted by atomic mass is 9.69. The van der Waals surface area contributed by atoms with Gasteiger partial charge in [0.15, 0.2) is 0 Å². The average Bonchev–Trinajstić information content (AvgIpc) is 2.53. The molecule has 0 heterocycles. The molecule has 0 N–H and O–H groups in total.